The first-order chi connectivity index (χ1) is 15.5. The van der Waals surface area contributed by atoms with Gasteiger partial charge in [-0.05, 0) is 74.0 Å². The van der Waals surface area contributed by atoms with Gasteiger partial charge in [-0.2, -0.15) is 0 Å². The van der Waals surface area contributed by atoms with E-state index in [0.717, 1.165) is 25.9 Å². The highest BCUT2D eigenvalue weighted by molar-refractivity contribution is 7.89. The molecular formula is C26H35N3O2S. The Kier molecular flexibility index (Phi) is 6.28. The minimum absolute atomic E-state index is 0.0246. The summed E-state index contributed by atoms with van der Waals surface area (Å²) in [5.74, 6) is 0.725. The van der Waals surface area contributed by atoms with Crippen LogP contribution in [0.3, 0.4) is 0 Å². The van der Waals surface area contributed by atoms with Crippen molar-refractivity contribution < 1.29 is 8.42 Å². The summed E-state index contributed by atoms with van der Waals surface area (Å²) in [7, 11) is -3.15. The van der Waals surface area contributed by atoms with Gasteiger partial charge in [0.05, 0.1) is 11.8 Å². The molecule has 32 heavy (non-hydrogen) atoms. The van der Waals surface area contributed by atoms with Crippen LogP contribution in [0.4, 0.5) is 5.69 Å². The maximum Gasteiger partial charge on any atom is 0.211 e. The Morgan fingerprint density at radius 1 is 1.06 bits per heavy atom. The minimum atomic E-state index is -3.15. The normalized spacial score (nSPS) is 24.0. The highest BCUT2D eigenvalue weighted by Crippen LogP contribution is 2.40. The van der Waals surface area contributed by atoms with E-state index in [1.165, 1.54) is 48.3 Å². The topological polar surface area (TPSA) is 52.7 Å². The molecule has 1 aliphatic carbocycles. The molecule has 2 aromatic carbocycles. The number of rotatable bonds is 8. The average molecular weight is 454 g/mol. The summed E-state index contributed by atoms with van der Waals surface area (Å²) >= 11 is 0. The summed E-state index contributed by atoms with van der Waals surface area (Å²) in [6.45, 7) is 5.87. The fraction of sp³-hybridized carbons (Fsp3) is 0.538. The molecule has 2 aliphatic heterocycles. The number of sulfonamides is 1. The van der Waals surface area contributed by atoms with Crippen LogP contribution in [0.15, 0.2) is 48.5 Å². The van der Waals surface area contributed by atoms with E-state index in [-0.39, 0.29) is 11.8 Å². The Hall–Kier alpha value is -1.89. The molecule has 2 atom stereocenters. The van der Waals surface area contributed by atoms with Crippen LogP contribution < -0.4 is 9.62 Å². The van der Waals surface area contributed by atoms with Gasteiger partial charge in [0.15, 0.2) is 0 Å². The van der Waals surface area contributed by atoms with Gasteiger partial charge >= 0.3 is 0 Å². The fourth-order valence-electron chi connectivity index (χ4n) is 5.63. The monoisotopic (exact) mass is 453 g/mol. The van der Waals surface area contributed by atoms with E-state index in [1.807, 2.05) is 6.92 Å². The van der Waals surface area contributed by atoms with Gasteiger partial charge < -0.3 is 4.90 Å². The molecule has 2 aromatic rings. The second-order valence-corrected chi connectivity index (χ2v) is 11.6. The summed E-state index contributed by atoms with van der Waals surface area (Å²) in [5.41, 5.74) is 5.64. The van der Waals surface area contributed by atoms with Crippen molar-refractivity contribution in [2.75, 3.05) is 36.8 Å². The summed E-state index contributed by atoms with van der Waals surface area (Å²) < 4.78 is 27.0. The largest absolute Gasteiger partial charge is 0.368 e. The lowest BCUT2D eigenvalue weighted by molar-refractivity contribution is 0.0877. The predicted molar refractivity (Wildman–Crippen MR) is 131 cm³/mol. The molecule has 0 unspecified atom stereocenters. The number of nitrogens with one attached hydrogen (secondary N) is 1. The summed E-state index contributed by atoms with van der Waals surface area (Å²) in [5, 5.41) is 0. The van der Waals surface area contributed by atoms with Crippen molar-refractivity contribution in [3.05, 3.63) is 65.2 Å². The predicted octanol–water partition coefficient (Wildman–Crippen LogP) is 3.55. The minimum Gasteiger partial charge on any atom is -0.368 e. The third-order valence-electron chi connectivity index (χ3n) is 7.43. The SMILES string of the molecule is CCCS(=O)(=O)NC1CN(c2ccc3c(c2)[C@@H](Cc2ccccc2)[C@@H](N2CCC2)CC3)C1. The highest BCUT2D eigenvalue weighted by Gasteiger charge is 2.37. The van der Waals surface area contributed by atoms with Gasteiger partial charge in [0, 0.05) is 30.7 Å². The molecule has 0 bridgehead atoms. The fourth-order valence-corrected chi connectivity index (χ4v) is 6.94. The van der Waals surface area contributed by atoms with Gasteiger partial charge in [-0.25, -0.2) is 13.1 Å². The molecule has 2 heterocycles. The standard InChI is InChI=1S/C26H35N3O2S/c1-2-15-32(30,31)27-22-18-29(19-22)23-11-9-21-10-12-26(28-13-6-14-28)25(24(21)17-23)16-20-7-4-3-5-8-20/h3-5,7-9,11,17,22,25-27H,2,6,10,12-16,18-19H2,1H3/t25-,26+/m1/s1. The van der Waals surface area contributed by atoms with Gasteiger partial charge in [0.25, 0.3) is 0 Å². The van der Waals surface area contributed by atoms with Crippen molar-refractivity contribution in [2.45, 2.75) is 57.0 Å². The van der Waals surface area contributed by atoms with Gasteiger partial charge in [0.2, 0.25) is 10.0 Å². The zero-order chi connectivity index (χ0) is 22.1. The molecule has 5 nitrogen and oxygen atoms in total. The Morgan fingerprint density at radius 2 is 1.84 bits per heavy atom. The Morgan fingerprint density at radius 3 is 2.53 bits per heavy atom. The van der Waals surface area contributed by atoms with Crippen LogP contribution in [0.5, 0.6) is 0 Å². The third kappa shape index (κ3) is 4.59. The van der Waals surface area contributed by atoms with Crippen LogP contribution in [0.2, 0.25) is 0 Å². The molecule has 0 aromatic heterocycles. The molecular weight excluding hydrogens is 418 g/mol. The van der Waals surface area contributed by atoms with Crippen LogP contribution in [0, 0.1) is 0 Å². The number of hydrogen-bond acceptors (Lipinski definition) is 4. The van der Waals surface area contributed by atoms with Crippen molar-refractivity contribution >= 4 is 15.7 Å². The van der Waals surface area contributed by atoms with Gasteiger partial charge in [0.1, 0.15) is 0 Å². The number of aryl methyl sites for hydroxylation is 1. The number of hydrogen-bond donors (Lipinski definition) is 1. The van der Waals surface area contributed by atoms with Crippen LogP contribution >= 0.6 is 0 Å². The van der Waals surface area contributed by atoms with Crippen molar-refractivity contribution in [3.63, 3.8) is 0 Å². The quantitative estimate of drug-likeness (QED) is 0.664. The number of nitrogens with zero attached hydrogens (tertiary/aromatic N) is 2. The number of benzene rings is 2. The van der Waals surface area contributed by atoms with E-state index in [1.54, 1.807) is 0 Å². The molecule has 0 radical (unpaired) electrons. The van der Waals surface area contributed by atoms with E-state index in [9.17, 15) is 8.42 Å². The van der Waals surface area contributed by atoms with E-state index < -0.39 is 10.0 Å². The van der Waals surface area contributed by atoms with Crippen molar-refractivity contribution in [1.29, 1.82) is 0 Å². The van der Waals surface area contributed by atoms with Crippen LogP contribution in [-0.4, -0.2) is 57.3 Å². The highest BCUT2D eigenvalue weighted by atomic mass is 32.2. The van der Waals surface area contributed by atoms with Crippen LogP contribution in [0.25, 0.3) is 0 Å². The van der Waals surface area contributed by atoms with Crippen molar-refractivity contribution in [3.8, 4) is 0 Å². The Labute approximate surface area is 192 Å². The molecule has 2 fully saturated rings. The number of fused-ring (bicyclic) bond motifs is 1. The van der Waals surface area contributed by atoms with Gasteiger partial charge in [-0.1, -0.05) is 43.3 Å². The van der Waals surface area contributed by atoms with E-state index >= 15 is 0 Å². The first kappa shape index (κ1) is 21.9. The van der Waals surface area contributed by atoms with Crippen LogP contribution in [-0.2, 0) is 22.9 Å². The molecule has 0 saturated carbocycles. The molecule has 6 heteroatoms. The van der Waals surface area contributed by atoms with E-state index in [4.69, 9.17) is 0 Å². The average Bonchev–Trinajstić information content (AvgIpc) is 2.71. The van der Waals surface area contributed by atoms with Crippen LogP contribution in [0.1, 0.15) is 48.8 Å². The lowest BCUT2D eigenvalue weighted by Gasteiger charge is -2.46. The summed E-state index contributed by atoms with van der Waals surface area (Å²) in [4.78, 5) is 5.00. The Bertz CT molecular complexity index is 1030. The maximum absolute atomic E-state index is 12.1. The molecule has 5 rings (SSSR count). The second kappa shape index (κ2) is 9.16. The number of anilines is 1. The first-order valence-electron chi connectivity index (χ1n) is 12.2. The molecule has 0 amide bonds. The summed E-state index contributed by atoms with van der Waals surface area (Å²) in [6, 6.07) is 18.5. The van der Waals surface area contributed by atoms with Gasteiger partial charge in [-0.15, -0.1) is 0 Å². The molecule has 172 valence electrons. The zero-order valence-corrected chi connectivity index (χ0v) is 19.9. The lowest BCUT2D eigenvalue weighted by atomic mass is 9.74. The summed E-state index contributed by atoms with van der Waals surface area (Å²) in [6.07, 6.45) is 5.45. The first-order valence-corrected chi connectivity index (χ1v) is 13.8. The zero-order valence-electron chi connectivity index (χ0n) is 19.0. The smallest absolute Gasteiger partial charge is 0.211 e. The van der Waals surface area contributed by atoms with E-state index in [0.29, 0.717) is 18.4 Å². The number of likely N-dealkylation sites (tertiary alicyclic amines) is 1. The third-order valence-corrected chi connectivity index (χ3v) is 9.06. The molecule has 1 N–H and O–H groups in total. The molecule has 2 saturated heterocycles. The molecule has 0 spiro atoms. The maximum atomic E-state index is 12.1. The van der Waals surface area contributed by atoms with E-state index in [2.05, 4.69) is 63.1 Å². The Balaban J connectivity index is 1.35. The second-order valence-electron chi connectivity index (χ2n) is 9.71. The van der Waals surface area contributed by atoms with Gasteiger partial charge in [-0.3, -0.25) is 4.90 Å². The van der Waals surface area contributed by atoms with Crippen molar-refractivity contribution in [1.82, 2.24) is 9.62 Å². The lowest BCUT2D eigenvalue weighted by Crippen LogP contribution is -2.59. The molecule has 3 aliphatic rings. The van der Waals surface area contributed by atoms with Crippen molar-refractivity contribution in [2.24, 2.45) is 0 Å².